The Hall–Kier alpha value is -0.260. The Morgan fingerprint density at radius 1 is 1.00 bits per heavy atom. The molecule has 1 saturated heterocycles. The molecule has 1 N–H and O–H groups in total. The molecule has 0 aromatic rings. The zero-order valence-corrected chi connectivity index (χ0v) is 14.2. The van der Waals surface area contributed by atoms with Crippen molar-refractivity contribution in [3.05, 3.63) is 0 Å². The quantitative estimate of drug-likeness (QED) is 0.609. The highest BCUT2D eigenvalue weighted by molar-refractivity contribution is 4.97. The van der Waals surface area contributed by atoms with Gasteiger partial charge in [-0.2, -0.15) is 0 Å². The van der Waals surface area contributed by atoms with Crippen molar-refractivity contribution < 1.29 is 23.7 Å². The van der Waals surface area contributed by atoms with Gasteiger partial charge in [-0.25, -0.2) is 13.7 Å². The summed E-state index contributed by atoms with van der Waals surface area (Å²) >= 11 is 0. The van der Waals surface area contributed by atoms with Crippen LogP contribution in [0.3, 0.4) is 0 Å². The first-order chi connectivity index (χ1) is 11.0. The van der Waals surface area contributed by atoms with Crippen LogP contribution in [-0.2, 0) is 9.62 Å². The van der Waals surface area contributed by atoms with Crippen molar-refractivity contribution in [2.45, 2.75) is 89.4 Å². The summed E-state index contributed by atoms with van der Waals surface area (Å²) in [5.74, 6) is 0.814. The molecular weight excluding hydrogens is 302 g/mol. The minimum absolute atomic E-state index is 0.0916. The molecule has 3 fully saturated rings. The normalized spacial score (nSPS) is 49.4. The molecule has 23 heavy (non-hydrogen) atoms. The second kappa shape index (κ2) is 7.32. The molecule has 3 nitrogen and oxygen atoms in total. The number of halogens is 2. The lowest BCUT2D eigenvalue weighted by Crippen LogP contribution is -2.54. The topological polar surface area (TPSA) is 38.7 Å². The molecule has 1 heterocycles. The summed E-state index contributed by atoms with van der Waals surface area (Å²) in [5.41, 5.74) is 0. The highest BCUT2D eigenvalue weighted by atomic mass is 19.2. The average molecular weight is 332 g/mol. The van der Waals surface area contributed by atoms with Crippen molar-refractivity contribution in [3.8, 4) is 0 Å². The third-order valence-electron chi connectivity index (χ3n) is 6.47. The van der Waals surface area contributed by atoms with Crippen LogP contribution in [0, 0.1) is 23.7 Å². The van der Waals surface area contributed by atoms with Crippen molar-refractivity contribution in [2.24, 2.45) is 23.7 Å². The Morgan fingerprint density at radius 3 is 2.35 bits per heavy atom. The summed E-state index contributed by atoms with van der Waals surface area (Å²) < 4.78 is 34.4. The van der Waals surface area contributed by atoms with Gasteiger partial charge in [-0.3, -0.25) is 5.26 Å². The summed E-state index contributed by atoms with van der Waals surface area (Å²) in [4.78, 5) is 4.79. The number of hydrogen-bond donors (Lipinski definition) is 1. The number of rotatable bonds is 3. The van der Waals surface area contributed by atoms with E-state index in [-0.39, 0.29) is 23.9 Å². The van der Waals surface area contributed by atoms with Crippen LogP contribution < -0.4 is 0 Å². The van der Waals surface area contributed by atoms with Crippen molar-refractivity contribution >= 4 is 0 Å². The molecule has 1 aliphatic heterocycles. The number of hydrogen-bond acceptors (Lipinski definition) is 3. The SMILES string of the molecule is CC1CCC(C(OO)C2CCC3CC(C)C(F)C(F)C3O2)CC1. The zero-order valence-electron chi connectivity index (χ0n) is 14.2. The molecule has 134 valence electrons. The van der Waals surface area contributed by atoms with Gasteiger partial charge >= 0.3 is 0 Å². The zero-order chi connectivity index (χ0) is 16.6. The lowest BCUT2D eigenvalue weighted by molar-refractivity contribution is -0.327. The van der Waals surface area contributed by atoms with E-state index in [0.717, 1.165) is 38.5 Å². The van der Waals surface area contributed by atoms with Crippen LogP contribution >= 0.6 is 0 Å². The van der Waals surface area contributed by atoms with E-state index in [0.29, 0.717) is 12.3 Å². The maximum absolute atomic E-state index is 14.4. The molecule has 0 aromatic heterocycles. The van der Waals surface area contributed by atoms with Gasteiger partial charge in [0.05, 0.1) is 12.2 Å². The summed E-state index contributed by atoms with van der Waals surface area (Å²) in [7, 11) is 0. The monoisotopic (exact) mass is 332 g/mol. The fraction of sp³-hybridized carbons (Fsp3) is 1.00. The fourth-order valence-electron chi connectivity index (χ4n) is 4.93. The van der Waals surface area contributed by atoms with E-state index in [2.05, 4.69) is 6.92 Å². The van der Waals surface area contributed by atoms with Crippen molar-refractivity contribution in [3.63, 3.8) is 0 Å². The van der Waals surface area contributed by atoms with Crippen LogP contribution in [0.5, 0.6) is 0 Å². The van der Waals surface area contributed by atoms with E-state index < -0.39 is 24.6 Å². The summed E-state index contributed by atoms with van der Waals surface area (Å²) in [6.45, 7) is 4.02. The average Bonchev–Trinajstić information content (AvgIpc) is 2.56. The molecule has 2 saturated carbocycles. The van der Waals surface area contributed by atoms with Crippen molar-refractivity contribution in [1.82, 2.24) is 0 Å². The smallest absolute Gasteiger partial charge is 0.158 e. The molecule has 7 atom stereocenters. The van der Waals surface area contributed by atoms with E-state index in [9.17, 15) is 14.0 Å². The number of fused-ring (bicyclic) bond motifs is 1. The first-order valence-electron chi connectivity index (χ1n) is 9.25. The van der Waals surface area contributed by atoms with Gasteiger partial charge in [-0.05, 0) is 55.8 Å². The Kier molecular flexibility index (Phi) is 5.59. The van der Waals surface area contributed by atoms with E-state index in [1.54, 1.807) is 6.92 Å². The Bertz CT molecular complexity index is 384. The molecular formula is C18H30F2O3. The lowest BCUT2D eigenvalue weighted by Gasteiger charge is -2.47. The van der Waals surface area contributed by atoms with Crippen LogP contribution in [-0.4, -0.2) is 35.9 Å². The second-order valence-corrected chi connectivity index (χ2v) is 8.17. The number of alkyl halides is 2. The Morgan fingerprint density at radius 2 is 1.70 bits per heavy atom. The Labute approximate surface area is 137 Å². The number of ether oxygens (including phenoxy) is 1. The standard InChI is InChI=1S/C18H30F2O3/c1-10-3-5-12(6-4-10)17(23-21)14-8-7-13-9-11(2)15(19)16(20)18(13)22-14/h10-18,21H,3-9H2,1-2H3. The predicted octanol–water partition coefficient (Wildman–Crippen LogP) is 4.55. The lowest BCUT2D eigenvalue weighted by atomic mass is 9.72. The highest BCUT2D eigenvalue weighted by Gasteiger charge is 2.49. The maximum atomic E-state index is 14.4. The van der Waals surface area contributed by atoms with Gasteiger partial charge in [0.25, 0.3) is 0 Å². The van der Waals surface area contributed by atoms with E-state index in [4.69, 9.17) is 9.62 Å². The summed E-state index contributed by atoms with van der Waals surface area (Å²) in [6, 6.07) is 0. The van der Waals surface area contributed by atoms with Crippen molar-refractivity contribution in [1.29, 1.82) is 0 Å². The van der Waals surface area contributed by atoms with Gasteiger partial charge in [0, 0.05) is 0 Å². The van der Waals surface area contributed by atoms with Crippen LogP contribution in [0.1, 0.15) is 58.8 Å². The molecule has 0 radical (unpaired) electrons. The molecule has 0 amide bonds. The van der Waals surface area contributed by atoms with E-state index >= 15 is 0 Å². The third kappa shape index (κ3) is 3.57. The van der Waals surface area contributed by atoms with Gasteiger partial charge < -0.3 is 4.74 Å². The molecule has 5 heteroatoms. The third-order valence-corrected chi connectivity index (χ3v) is 6.47. The molecule has 0 aromatic carbocycles. The summed E-state index contributed by atoms with van der Waals surface area (Å²) in [5, 5.41) is 9.40. The van der Waals surface area contributed by atoms with Gasteiger partial charge in [-0.15, -0.1) is 0 Å². The largest absolute Gasteiger partial charge is 0.369 e. The van der Waals surface area contributed by atoms with E-state index in [1.165, 1.54) is 0 Å². The first-order valence-corrected chi connectivity index (χ1v) is 9.25. The van der Waals surface area contributed by atoms with Crippen LogP contribution in [0.2, 0.25) is 0 Å². The Balaban J connectivity index is 1.64. The fourth-order valence-corrected chi connectivity index (χ4v) is 4.93. The predicted molar refractivity (Wildman–Crippen MR) is 83.6 cm³/mol. The minimum atomic E-state index is -1.56. The summed E-state index contributed by atoms with van der Waals surface area (Å²) in [6.07, 6.45) is 2.11. The molecule has 3 aliphatic rings. The van der Waals surface area contributed by atoms with Gasteiger partial charge in [0.1, 0.15) is 12.3 Å². The second-order valence-electron chi connectivity index (χ2n) is 8.17. The molecule has 0 spiro atoms. The van der Waals surface area contributed by atoms with Crippen LogP contribution in [0.4, 0.5) is 8.78 Å². The van der Waals surface area contributed by atoms with Gasteiger partial charge in [0.2, 0.25) is 0 Å². The molecule has 0 bridgehead atoms. The van der Waals surface area contributed by atoms with Crippen LogP contribution in [0.15, 0.2) is 0 Å². The molecule has 7 unspecified atom stereocenters. The molecule has 3 rings (SSSR count). The minimum Gasteiger partial charge on any atom is -0.369 e. The van der Waals surface area contributed by atoms with Crippen LogP contribution in [0.25, 0.3) is 0 Å². The molecule has 2 aliphatic carbocycles. The first kappa shape index (κ1) is 17.6. The highest BCUT2D eigenvalue weighted by Crippen LogP contribution is 2.43. The van der Waals surface area contributed by atoms with Gasteiger partial charge in [0.15, 0.2) is 6.17 Å². The van der Waals surface area contributed by atoms with Gasteiger partial charge in [-0.1, -0.05) is 26.7 Å². The van der Waals surface area contributed by atoms with E-state index in [1.807, 2.05) is 0 Å². The maximum Gasteiger partial charge on any atom is 0.158 e. The van der Waals surface area contributed by atoms with Crippen molar-refractivity contribution in [2.75, 3.05) is 0 Å².